The third-order valence-corrected chi connectivity index (χ3v) is 8.08. The first-order valence-corrected chi connectivity index (χ1v) is 12.8. The first-order valence-electron chi connectivity index (χ1n) is 11.4. The van der Waals surface area contributed by atoms with Gasteiger partial charge in [-0.2, -0.15) is 4.31 Å². The van der Waals surface area contributed by atoms with Crippen molar-refractivity contribution in [2.24, 2.45) is 0 Å². The second-order valence-corrected chi connectivity index (χ2v) is 10.3. The van der Waals surface area contributed by atoms with E-state index in [-0.39, 0.29) is 24.7 Å². The summed E-state index contributed by atoms with van der Waals surface area (Å²) in [7, 11) is -3.67. The van der Waals surface area contributed by atoms with Gasteiger partial charge in [-0.3, -0.25) is 4.90 Å². The summed E-state index contributed by atoms with van der Waals surface area (Å²) >= 11 is 0. The van der Waals surface area contributed by atoms with E-state index in [9.17, 15) is 18.0 Å². The molecule has 2 fully saturated rings. The second kappa shape index (κ2) is 9.72. The van der Waals surface area contributed by atoms with Crippen LogP contribution < -0.4 is 20.3 Å². The molecule has 2 amide bonds. The quantitative estimate of drug-likeness (QED) is 0.605. The van der Waals surface area contributed by atoms with Crippen LogP contribution in [-0.2, 0) is 26.1 Å². The number of cyclic esters (lactones) is 1. The number of anilines is 1. The molecule has 0 bridgehead atoms. The molecule has 2 atom stereocenters. The molecule has 11 nitrogen and oxygen atoms in total. The van der Waals surface area contributed by atoms with Crippen molar-refractivity contribution in [1.29, 1.82) is 0 Å². The van der Waals surface area contributed by atoms with E-state index in [1.807, 2.05) is 30.3 Å². The number of hydrogen-bond acceptors (Lipinski definition) is 8. The van der Waals surface area contributed by atoms with E-state index in [0.717, 1.165) is 5.56 Å². The first kappa shape index (κ1) is 23.4. The van der Waals surface area contributed by atoms with E-state index in [2.05, 4.69) is 10.6 Å². The van der Waals surface area contributed by atoms with Crippen LogP contribution in [0.5, 0.6) is 5.75 Å². The van der Waals surface area contributed by atoms with Crippen molar-refractivity contribution in [3.63, 3.8) is 0 Å². The summed E-state index contributed by atoms with van der Waals surface area (Å²) in [6, 6.07) is 13.3. The number of rotatable bonds is 6. The summed E-state index contributed by atoms with van der Waals surface area (Å²) in [6.07, 6.45) is -1.85. The smallest absolute Gasteiger partial charge is 0.415 e. The van der Waals surface area contributed by atoms with Crippen LogP contribution in [0.15, 0.2) is 53.4 Å². The SMILES string of the molecule is O=C(NC[C@@H]1OC(=O)N2c3ccc(S(=O)(=O)N4CCNCC4)cc3OC[C@@H]12)OCc1ccccc1. The van der Waals surface area contributed by atoms with Gasteiger partial charge >= 0.3 is 12.2 Å². The largest absolute Gasteiger partial charge is 0.489 e. The van der Waals surface area contributed by atoms with Crippen molar-refractivity contribution in [2.75, 3.05) is 44.2 Å². The topological polar surface area (TPSA) is 127 Å². The third-order valence-electron chi connectivity index (χ3n) is 6.18. The van der Waals surface area contributed by atoms with Crippen molar-refractivity contribution >= 4 is 27.9 Å². The van der Waals surface area contributed by atoms with Crippen LogP contribution in [0.1, 0.15) is 5.56 Å². The molecule has 0 spiro atoms. The van der Waals surface area contributed by atoms with Gasteiger partial charge in [-0.05, 0) is 17.7 Å². The average molecular weight is 503 g/mol. The second-order valence-electron chi connectivity index (χ2n) is 8.40. The Morgan fingerprint density at radius 1 is 1.14 bits per heavy atom. The summed E-state index contributed by atoms with van der Waals surface area (Å²) in [5.41, 5.74) is 1.29. The fourth-order valence-electron chi connectivity index (χ4n) is 4.34. The number of carbonyl (C=O) groups excluding carboxylic acids is 2. The van der Waals surface area contributed by atoms with Gasteiger partial charge in [0.2, 0.25) is 10.0 Å². The van der Waals surface area contributed by atoms with Crippen LogP contribution >= 0.6 is 0 Å². The maximum Gasteiger partial charge on any atom is 0.415 e. The van der Waals surface area contributed by atoms with Gasteiger partial charge in [0, 0.05) is 32.2 Å². The number of nitrogens with zero attached hydrogens (tertiary/aromatic N) is 2. The lowest BCUT2D eigenvalue weighted by atomic mass is 10.1. The Hall–Kier alpha value is -3.35. The van der Waals surface area contributed by atoms with Crippen molar-refractivity contribution in [1.82, 2.24) is 14.9 Å². The fraction of sp³-hybridized carbons (Fsp3) is 0.391. The van der Waals surface area contributed by atoms with Crippen molar-refractivity contribution in [2.45, 2.75) is 23.6 Å². The molecule has 0 radical (unpaired) electrons. The Bertz CT molecular complexity index is 1200. The number of alkyl carbamates (subject to hydrolysis) is 1. The highest BCUT2D eigenvalue weighted by atomic mass is 32.2. The van der Waals surface area contributed by atoms with Gasteiger partial charge < -0.3 is 24.8 Å². The molecule has 2 N–H and O–H groups in total. The normalized spacial score (nSPS) is 21.9. The highest BCUT2D eigenvalue weighted by Crippen LogP contribution is 2.40. The van der Waals surface area contributed by atoms with Gasteiger partial charge in [-0.25, -0.2) is 18.0 Å². The molecular formula is C23H26N4O7S. The lowest BCUT2D eigenvalue weighted by molar-refractivity contribution is 0.108. The molecule has 0 aromatic heterocycles. The van der Waals surface area contributed by atoms with Crippen LogP contribution in [0.2, 0.25) is 0 Å². The molecule has 2 aromatic rings. The first-order chi connectivity index (χ1) is 16.9. The Balaban J connectivity index is 1.23. The highest BCUT2D eigenvalue weighted by Gasteiger charge is 2.47. The molecule has 3 aliphatic rings. The zero-order chi connectivity index (χ0) is 24.4. The summed E-state index contributed by atoms with van der Waals surface area (Å²) in [5.74, 6) is 0.297. The predicted molar refractivity (Wildman–Crippen MR) is 125 cm³/mol. The fourth-order valence-corrected chi connectivity index (χ4v) is 5.80. The van der Waals surface area contributed by atoms with E-state index in [0.29, 0.717) is 37.6 Å². The summed E-state index contributed by atoms with van der Waals surface area (Å²) in [4.78, 5) is 26.3. The van der Waals surface area contributed by atoms with Gasteiger partial charge in [-0.1, -0.05) is 30.3 Å². The molecule has 5 rings (SSSR count). The van der Waals surface area contributed by atoms with Gasteiger partial charge in [0.25, 0.3) is 0 Å². The van der Waals surface area contributed by atoms with E-state index in [4.69, 9.17) is 14.2 Å². The lowest BCUT2D eigenvalue weighted by Gasteiger charge is -2.32. The van der Waals surface area contributed by atoms with E-state index < -0.39 is 34.4 Å². The number of benzene rings is 2. The molecule has 0 aliphatic carbocycles. The van der Waals surface area contributed by atoms with Crippen molar-refractivity contribution in [3.05, 3.63) is 54.1 Å². The summed E-state index contributed by atoms with van der Waals surface area (Å²) < 4.78 is 43.9. The van der Waals surface area contributed by atoms with Gasteiger partial charge in [0.1, 0.15) is 31.1 Å². The lowest BCUT2D eigenvalue weighted by Crippen LogP contribution is -2.48. The van der Waals surface area contributed by atoms with Crippen molar-refractivity contribution < 1.29 is 32.2 Å². The summed E-state index contributed by atoms with van der Waals surface area (Å²) in [5, 5.41) is 5.76. The Kier molecular flexibility index (Phi) is 6.50. The maximum atomic E-state index is 13.0. The molecule has 2 saturated heterocycles. The number of sulfonamides is 1. The van der Waals surface area contributed by atoms with E-state index in [1.165, 1.54) is 21.3 Å². The Labute approximate surface area is 203 Å². The molecule has 3 heterocycles. The van der Waals surface area contributed by atoms with E-state index >= 15 is 0 Å². The minimum Gasteiger partial charge on any atom is -0.489 e. The molecule has 2 aromatic carbocycles. The highest BCUT2D eigenvalue weighted by molar-refractivity contribution is 7.89. The maximum absolute atomic E-state index is 13.0. The van der Waals surface area contributed by atoms with Crippen LogP contribution in [0.3, 0.4) is 0 Å². The standard InChI is InChI=1S/C23H26N4O7S/c28-22(33-14-16-4-2-1-3-5-16)25-13-21-19-15-32-20-12-17(6-7-18(20)27(19)23(29)34-21)35(30,31)26-10-8-24-9-11-26/h1-7,12,19,21,24H,8-11,13-15H2,(H,25,28)/t19-,21-/m0/s1. The number of fused-ring (bicyclic) bond motifs is 3. The molecule has 3 aliphatic heterocycles. The van der Waals surface area contributed by atoms with Gasteiger partial charge in [0.15, 0.2) is 0 Å². The Morgan fingerprint density at radius 2 is 1.91 bits per heavy atom. The number of hydrogen-bond donors (Lipinski definition) is 2. The minimum absolute atomic E-state index is 0.0503. The van der Waals surface area contributed by atoms with Crippen LogP contribution in [0.4, 0.5) is 15.3 Å². The zero-order valence-electron chi connectivity index (χ0n) is 18.9. The number of nitrogens with one attached hydrogen (secondary N) is 2. The number of piperazine rings is 1. The molecule has 0 saturated carbocycles. The molecule has 35 heavy (non-hydrogen) atoms. The summed E-state index contributed by atoms with van der Waals surface area (Å²) in [6.45, 7) is 2.25. The average Bonchev–Trinajstić information content (AvgIpc) is 3.22. The molecule has 12 heteroatoms. The Morgan fingerprint density at radius 3 is 2.69 bits per heavy atom. The van der Waals surface area contributed by atoms with Crippen LogP contribution in [-0.4, -0.2) is 76.4 Å². The van der Waals surface area contributed by atoms with Gasteiger partial charge in [-0.15, -0.1) is 0 Å². The predicted octanol–water partition coefficient (Wildman–Crippen LogP) is 1.29. The zero-order valence-corrected chi connectivity index (χ0v) is 19.7. The third kappa shape index (κ3) is 4.77. The number of ether oxygens (including phenoxy) is 3. The van der Waals surface area contributed by atoms with Gasteiger partial charge in [0.05, 0.1) is 17.1 Å². The molecule has 186 valence electrons. The minimum atomic E-state index is -3.67. The number of amides is 2. The van der Waals surface area contributed by atoms with E-state index in [1.54, 1.807) is 6.07 Å². The van der Waals surface area contributed by atoms with Crippen LogP contribution in [0, 0.1) is 0 Å². The van der Waals surface area contributed by atoms with Crippen LogP contribution in [0.25, 0.3) is 0 Å². The van der Waals surface area contributed by atoms with Crippen molar-refractivity contribution in [3.8, 4) is 5.75 Å². The molecule has 0 unspecified atom stereocenters. The number of carbonyl (C=O) groups is 2. The monoisotopic (exact) mass is 502 g/mol. The molecular weight excluding hydrogens is 476 g/mol.